The van der Waals surface area contributed by atoms with Crippen molar-refractivity contribution in [3.05, 3.63) is 47.7 Å². The molecule has 0 spiro atoms. The van der Waals surface area contributed by atoms with Gasteiger partial charge in [0.05, 0.1) is 20.8 Å². The number of aromatic nitrogens is 1. The Labute approximate surface area is 205 Å². The number of hydrogen-bond acceptors (Lipinski definition) is 6. The first-order valence-electron chi connectivity index (χ1n) is 10.2. The van der Waals surface area contributed by atoms with Gasteiger partial charge < -0.3 is 31.2 Å². The van der Waals surface area contributed by atoms with Crippen molar-refractivity contribution in [2.45, 2.75) is 25.9 Å². The molecule has 1 aromatic heterocycles. The Balaban J connectivity index is 0.00000363. The summed E-state index contributed by atoms with van der Waals surface area (Å²) in [7, 11) is 3.20. The molecule has 5 N–H and O–H groups in total. The number of rotatable bonds is 8. The number of carbonyl (C=O) groups excluding carboxylic acids is 1. The first-order chi connectivity index (χ1) is 15.0. The standard InChI is InChI=1S/C22H30N6O3.HI/c1-30-18-6-5-15(12-19(18)31-2)13-26-22(24)27-14-17-4-3-9-25-21(17)28-10-7-16(8-11-28)20(23)29;/h3-6,9,12,16H,7-8,10-11,13-14H2,1-2H3,(H2,23,29)(H3,24,26,27);1H. The number of ether oxygens (including phenoxy) is 2. The van der Waals surface area contributed by atoms with Gasteiger partial charge in [-0.05, 0) is 36.6 Å². The molecule has 2 heterocycles. The molecule has 32 heavy (non-hydrogen) atoms. The molecule has 0 saturated carbocycles. The van der Waals surface area contributed by atoms with Crippen LogP contribution in [0.5, 0.6) is 11.5 Å². The number of nitrogens with zero attached hydrogens (tertiary/aromatic N) is 3. The molecule has 1 fully saturated rings. The van der Waals surface area contributed by atoms with E-state index in [1.54, 1.807) is 20.4 Å². The van der Waals surface area contributed by atoms with E-state index in [4.69, 9.17) is 20.9 Å². The lowest BCUT2D eigenvalue weighted by atomic mass is 9.96. The van der Waals surface area contributed by atoms with Crippen LogP contribution < -0.4 is 31.2 Å². The fourth-order valence-electron chi connectivity index (χ4n) is 3.63. The molecule has 2 aromatic rings. The minimum Gasteiger partial charge on any atom is -0.493 e. The zero-order valence-corrected chi connectivity index (χ0v) is 20.7. The van der Waals surface area contributed by atoms with Crippen LogP contribution in [0.15, 0.2) is 41.5 Å². The molecule has 1 amide bonds. The van der Waals surface area contributed by atoms with Crippen LogP contribution in [0.1, 0.15) is 24.0 Å². The van der Waals surface area contributed by atoms with Gasteiger partial charge in [0.25, 0.3) is 0 Å². The Hall–Kier alpha value is -2.76. The van der Waals surface area contributed by atoms with Gasteiger partial charge in [0.2, 0.25) is 5.91 Å². The van der Waals surface area contributed by atoms with Crippen molar-refractivity contribution in [1.82, 2.24) is 10.3 Å². The Morgan fingerprint density at radius 3 is 2.56 bits per heavy atom. The van der Waals surface area contributed by atoms with E-state index in [0.717, 1.165) is 42.9 Å². The normalized spacial score (nSPS) is 14.4. The molecule has 0 bridgehead atoms. The molecule has 0 aliphatic carbocycles. The van der Waals surface area contributed by atoms with E-state index in [0.29, 0.717) is 30.5 Å². The van der Waals surface area contributed by atoms with Crippen LogP contribution in [-0.4, -0.2) is 44.2 Å². The van der Waals surface area contributed by atoms with Gasteiger partial charge in [0.1, 0.15) is 5.82 Å². The molecular formula is C22H31IN6O3. The van der Waals surface area contributed by atoms with Gasteiger partial charge in [-0.1, -0.05) is 12.1 Å². The van der Waals surface area contributed by atoms with E-state index in [2.05, 4.69) is 20.2 Å². The molecule has 10 heteroatoms. The van der Waals surface area contributed by atoms with Crippen molar-refractivity contribution in [2.75, 3.05) is 32.2 Å². The molecule has 0 atom stereocenters. The summed E-state index contributed by atoms with van der Waals surface area (Å²) in [5.74, 6) is 2.29. The molecule has 174 valence electrons. The number of carbonyl (C=O) groups is 1. The van der Waals surface area contributed by atoms with Crippen LogP contribution in [0.3, 0.4) is 0 Å². The molecule has 0 unspecified atom stereocenters. The quantitative estimate of drug-likeness (QED) is 0.259. The summed E-state index contributed by atoms with van der Waals surface area (Å²) >= 11 is 0. The van der Waals surface area contributed by atoms with E-state index < -0.39 is 0 Å². The average Bonchev–Trinajstić information content (AvgIpc) is 2.81. The molecule has 0 radical (unpaired) electrons. The second-order valence-electron chi connectivity index (χ2n) is 7.39. The predicted molar refractivity (Wildman–Crippen MR) is 135 cm³/mol. The van der Waals surface area contributed by atoms with Crippen LogP contribution in [-0.2, 0) is 17.9 Å². The average molecular weight is 554 g/mol. The minimum atomic E-state index is -0.221. The Morgan fingerprint density at radius 2 is 1.91 bits per heavy atom. The highest BCUT2D eigenvalue weighted by molar-refractivity contribution is 14.0. The van der Waals surface area contributed by atoms with Gasteiger partial charge in [-0.2, -0.15) is 0 Å². The van der Waals surface area contributed by atoms with Crippen molar-refractivity contribution >= 4 is 41.7 Å². The van der Waals surface area contributed by atoms with Crippen LogP contribution in [0.25, 0.3) is 0 Å². The number of methoxy groups -OCH3 is 2. The second kappa shape index (κ2) is 12.3. The van der Waals surface area contributed by atoms with Gasteiger partial charge in [0, 0.05) is 37.3 Å². The highest BCUT2D eigenvalue weighted by atomic mass is 127. The maximum absolute atomic E-state index is 11.4. The largest absolute Gasteiger partial charge is 0.493 e. The highest BCUT2D eigenvalue weighted by Crippen LogP contribution is 2.28. The lowest BCUT2D eigenvalue weighted by Crippen LogP contribution is -2.39. The van der Waals surface area contributed by atoms with Crippen LogP contribution in [0.4, 0.5) is 5.82 Å². The summed E-state index contributed by atoms with van der Waals surface area (Å²) in [5.41, 5.74) is 13.5. The number of nitrogens with two attached hydrogens (primary N) is 2. The number of halogens is 1. The predicted octanol–water partition coefficient (Wildman–Crippen LogP) is 2.02. The maximum Gasteiger partial charge on any atom is 0.220 e. The molecular weight excluding hydrogens is 523 g/mol. The Kier molecular flexibility index (Phi) is 9.82. The zero-order valence-electron chi connectivity index (χ0n) is 18.4. The molecule has 3 rings (SSSR count). The lowest BCUT2D eigenvalue weighted by molar-refractivity contribution is -0.122. The first kappa shape index (κ1) is 25.5. The Morgan fingerprint density at radius 1 is 1.19 bits per heavy atom. The third-order valence-electron chi connectivity index (χ3n) is 5.40. The van der Waals surface area contributed by atoms with Crippen molar-refractivity contribution in [2.24, 2.45) is 22.4 Å². The number of pyridine rings is 1. The monoisotopic (exact) mass is 554 g/mol. The smallest absolute Gasteiger partial charge is 0.220 e. The summed E-state index contributed by atoms with van der Waals surface area (Å²) in [5, 5.41) is 3.16. The summed E-state index contributed by atoms with van der Waals surface area (Å²) in [6, 6.07) is 9.55. The number of primary amides is 1. The number of guanidine groups is 1. The van der Waals surface area contributed by atoms with E-state index >= 15 is 0 Å². The number of benzene rings is 1. The maximum atomic E-state index is 11.4. The van der Waals surface area contributed by atoms with E-state index in [9.17, 15) is 4.79 Å². The molecule has 9 nitrogen and oxygen atoms in total. The number of hydrogen-bond donors (Lipinski definition) is 3. The molecule has 1 aliphatic rings. The number of nitrogens with one attached hydrogen (secondary N) is 1. The van der Waals surface area contributed by atoms with Gasteiger partial charge in [-0.15, -0.1) is 24.0 Å². The van der Waals surface area contributed by atoms with Crippen LogP contribution in [0.2, 0.25) is 0 Å². The first-order valence-corrected chi connectivity index (χ1v) is 10.2. The number of piperidine rings is 1. The summed E-state index contributed by atoms with van der Waals surface area (Å²) in [4.78, 5) is 22.6. The topological polar surface area (TPSA) is 128 Å². The van der Waals surface area contributed by atoms with Crippen molar-refractivity contribution in [1.29, 1.82) is 0 Å². The number of anilines is 1. The summed E-state index contributed by atoms with van der Waals surface area (Å²) in [6.45, 7) is 2.42. The van der Waals surface area contributed by atoms with Crippen LogP contribution >= 0.6 is 24.0 Å². The molecule has 1 aromatic carbocycles. The van der Waals surface area contributed by atoms with E-state index in [1.165, 1.54) is 0 Å². The number of amides is 1. The zero-order chi connectivity index (χ0) is 22.2. The van der Waals surface area contributed by atoms with Gasteiger partial charge in [0.15, 0.2) is 17.5 Å². The van der Waals surface area contributed by atoms with Crippen molar-refractivity contribution in [3.63, 3.8) is 0 Å². The highest BCUT2D eigenvalue weighted by Gasteiger charge is 2.24. The third kappa shape index (κ3) is 6.62. The lowest BCUT2D eigenvalue weighted by Gasteiger charge is -2.32. The molecule has 1 saturated heterocycles. The van der Waals surface area contributed by atoms with Gasteiger partial charge in [-0.25, -0.2) is 9.98 Å². The van der Waals surface area contributed by atoms with Crippen molar-refractivity contribution in [3.8, 4) is 11.5 Å². The Bertz CT molecular complexity index is 932. The minimum absolute atomic E-state index is 0. The van der Waals surface area contributed by atoms with Gasteiger partial charge in [-0.3, -0.25) is 4.79 Å². The fraction of sp³-hybridized carbons (Fsp3) is 0.409. The number of aliphatic imine (C=N–C) groups is 1. The summed E-state index contributed by atoms with van der Waals surface area (Å²) < 4.78 is 10.6. The fourth-order valence-corrected chi connectivity index (χ4v) is 3.63. The van der Waals surface area contributed by atoms with E-state index in [-0.39, 0.29) is 35.8 Å². The third-order valence-corrected chi connectivity index (χ3v) is 5.40. The SMILES string of the molecule is COc1ccc(CN=C(N)NCc2cccnc2N2CCC(C(N)=O)CC2)cc1OC.I. The van der Waals surface area contributed by atoms with Crippen molar-refractivity contribution < 1.29 is 14.3 Å². The summed E-state index contributed by atoms with van der Waals surface area (Å²) in [6.07, 6.45) is 3.26. The van der Waals surface area contributed by atoms with E-state index in [1.807, 2.05) is 30.3 Å². The second-order valence-corrected chi connectivity index (χ2v) is 7.39. The van der Waals surface area contributed by atoms with Crippen LogP contribution in [0, 0.1) is 5.92 Å². The van der Waals surface area contributed by atoms with Gasteiger partial charge >= 0.3 is 0 Å². The molecule has 1 aliphatic heterocycles.